The van der Waals surface area contributed by atoms with E-state index in [0.29, 0.717) is 76.5 Å². The van der Waals surface area contributed by atoms with Crippen LogP contribution in [0.1, 0.15) is 86.2 Å². The summed E-state index contributed by atoms with van der Waals surface area (Å²) in [5.74, 6) is -13.9. The van der Waals surface area contributed by atoms with Gasteiger partial charge in [-0.05, 0) is 98.0 Å². The van der Waals surface area contributed by atoms with Crippen molar-refractivity contribution in [2.75, 3.05) is 31.3 Å². The molecule has 4 bridgehead atoms. The molecule has 3 aliphatic rings. The summed E-state index contributed by atoms with van der Waals surface area (Å²) in [7, 11) is 0. The standard InChI is InChI=1S/C65H80N14O18S2/c1-35(80)56-64(94)74-45(22-36-12-14-41(81)15-13-36)58(88)72-46(24-40-28-67-34-69-40)59(89)76-50(57(66)87)32-98-30-37-19-38-21-42(20-37)96-17-6-2-3-7-18-97-70-29-53(82)71-47(25-54(83)84)60(90)77-51(33-99-31-38)62(92)75-49(23-39-27-68-44-10-5-4-9-43(39)44)65(95)79-16-8-11-52(79)63(93)73-48(26-55(85)86)61(91)78-56/h4-5,9-10,12-15,19-21,27-29,34-35,45-52,56,68,80-81H,2-3,6-8,11,16-18,22-26,30-33H2,1H3,(H2,66,87)(H,67,69)(H,71,82)(H,72,88)(H,73,93)(H,74,94)(H,75,92)(H,76,89)(H,77,90)(H,78,91)(H,83,84)(H,85,86)/p-2/b70-29+/t35-,45+,46+,47+,48+,49+,50-,51+,52+,56+/m1/s1. The normalized spacial score (nSPS) is 24.4. The first-order valence-electron chi connectivity index (χ1n) is 32.0. The molecule has 0 unspecified atom stereocenters. The Morgan fingerprint density at radius 3 is 1.98 bits per heavy atom. The number of aliphatic carboxylic acids is 2. The molecule has 32 nitrogen and oxygen atoms in total. The van der Waals surface area contributed by atoms with E-state index in [0.717, 1.165) is 23.6 Å². The number of nitrogens with two attached hydrogens (primary N) is 1. The number of aromatic nitrogens is 3. The highest BCUT2D eigenvalue weighted by Crippen LogP contribution is 2.27. The SMILES string of the molecule is C[C@@H](O)[C@@H]1NC(=O)[C@H](CC(=O)[O-])NC(=O)[C@@H]2CCCN2C(=O)[C@H](Cc2c[nH]c3ccccc23)NC(=O)[C@@H]2CSCc3cc(cc(c3)OCCCCCCO/N=C/C(=O)N[C@@H](CC(=O)[O-])C(=O)N2)CSC[C@H](C(N)=O)NC(=O)[C@H](Cc2cnc[nH]2)NC(=O)[C@H](Cc2ccc(O)cc2)NC1=O. The van der Waals surface area contributed by atoms with E-state index in [9.17, 15) is 68.4 Å². The van der Waals surface area contributed by atoms with E-state index in [4.69, 9.17) is 15.3 Å². The molecule has 14 N–H and O–H groups in total. The topological polar surface area (TPSA) is 492 Å². The summed E-state index contributed by atoms with van der Waals surface area (Å²) in [6.07, 6.45) is 2.74. The first kappa shape index (κ1) is 74.6. The van der Waals surface area contributed by atoms with Gasteiger partial charge in [0.05, 0.1) is 19.0 Å². The van der Waals surface area contributed by atoms with E-state index in [2.05, 4.69) is 62.6 Å². The van der Waals surface area contributed by atoms with Crippen molar-refractivity contribution in [2.24, 2.45) is 10.9 Å². The molecule has 1 saturated heterocycles. The molecule has 34 heteroatoms. The number of phenols is 1. The van der Waals surface area contributed by atoms with E-state index < -0.39 is 144 Å². The lowest BCUT2D eigenvalue weighted by molar-refractivity contribution is -0.307. The molecule has 0 saturated carbocycles. The number of amides is 10. The van der Waals surface area contributed by atoms with Crippen LogP contribution in [0.5, 0.6) is 11.5 Å². The summed E-state index contributed by atoms with van der Waals surface area (Å²) in [5.41, 5.74) is 9.08. The molecule has 10 atom stereocenters. The van der Waals surface area contributed by atoms with Gasteiger partial charge in [-0.2, -0.15) is 23.5 Å². The van der Waals surface area contributed by atoms with Crippen LogP contribution < -0.4 is 63.2 Å². The van der Waals surface area contributed by atoms with Crippen molar-refractivity contribution in [3.8, 4) is 11.5 Å². The lowest BCUT2D eigenvalue weighted by Gasteiger charge is -2.31. The number of aromatic amines is 2. The number of carboxylic acid groups (broad SMARTS) is 2. The number of phenolic OH excluding ortho intramolecular Hbond substituents is 1. The Morgan fingerprint density at radius 2 is 1.29 bits per heavy atom. The van der Waals surface area contributed by atoms with Gasteiger partial charge in [-0.3, -0.25) is 47.9 Å². The van der Waals surface area contributed by atoms with Crippen LogP contribution >= 0.6 is 23.5 Å². The molecule has 0 aliphatic carbocycles. The Kier molecular flexibility index (Phi) is 27.4. The minimum atomic E-state index is -2.06. The molecule has 3 aliphatic heterocycles. The maximum Gasteiger partial charge on any atom is 0.266 e. The number of fused-ring (bicyclic) bond motifs is 7. The predicted octanol–water partition coefficient (Wildman–Crippen LogP) is -3.22. The maximum absolute atomic E-state index is 15.3. The molecular formula is C65H78N14O18S2-2. The largest absolute Gasteiger partial charge is 0.550 e. The summed E-state index contributed by atoms with van der Waals surface area (Å²) < 4.78 is 6.27. The van der Waals surface area contributed by atoms with Crippen molar-refractivity contribution in [1.29, 1.82) is 0 Å². The van der Waals surface area contributed by atoms with Gasteiger partial charge in [0.15, 0.2) is 0 Å². The van der Waals surface area contributed by atoms with Gasteiger partial charge >= 0.3 is 0 Å². The second-order valence-electron chi connectivity index (χ2n) is 24.0. The van der Waals surface area contributed by atoms with Gasteiger partial charge in [0, 0.05) is 103 Å². The van der Waals surface area contributed by atoms with Crippen LogP contribution in [0.15, 0.2) is 90.6 Å². The van der Waals surface area contributed by atoms with Gasteiger partial charge in [0.2, 0.25) is 53.2 Å². The molecule has 2 aromatic heterocycles. The van der Waals surface area contributed by atoms with Crippen molar-refractivity contribution in [3.63, 3.8) is 0 Å². The number of thioether (sulfide) groups is 2. The highest BCUT2D eigenvalue weighted by atomic mass is 32.2. The third-order valence-corrected chi connectivity index (χ3v) is 18.5. The highest BCUT2D eigenvalue weighted by molar-refractivity contribution is 7.98. The number of benzene rings is 3. The zero-order valence-electron chi connectivity index (χ0n) is 53.8. The zero-order chi connectivity index (χ0) is 71.1. The number of aliphatic hydroxyl groups excluding tert-OH is 1. The molecule has 5 aromatic rings. The van der Waals surface area contributed by atoms with E-state index in [1.807, 2.05) is 6.07 Å². The number of hydrogen-bond acceptors (Lipinski definition) is 22. The van der Waals surface area contributed by atoms with Crippen LogP contribution in [0, 0.1) is 0 Å². The fourth-order valence-electron chi connectivity index (χ4n) is 11.3. The van der Waals surface area contributed by atoms with Crippen LogP contribution in [0.25, 0.3) is 10.9 Å². The number of aliphatic hydroxyl groups is 1. The molecule has 5 heterocycles. The summed E-state index contributed by atoms with van der Waals surface area (Å²) >= 11 is 2.32. The van der Waals surface area contributed by atoms with E-state index in [1.165, 1.54) is 48.6 Å². The Hall–Kier alpha value is -10.2. The number of nitrogens with one attached hydrogen (secondary N) is 10. The van der Waals surface area contributed by atoms with Crippen LogP contribution in [0.4, 0.5) is 0 Å². The van der Waals surface area contributed by atoms with Gasteiger partial charge in [-0.15, -0.1) is 0 Å². The summed E-state index contributed by atoms with van der Waals surface area (Å²) in [6, 6.07) is 2.82. The van der Waals surface area contributed by atoms with Crippen molar-refractivity contribution >= 4 is 112 Å². The number of carboxylic acids is 2. The number of imidazole rings is 1. The quantitative estimate of drug-likeness (QED) is 0.0584. The number of oxime groups is 1. The Balaban J connectivity index is 1.19. The van der Waals surface area contributed by atoms with Crippen molar-refractivity contribution in [3.05, 3.63) is 113 Å². The van der Waals surface area contributed by atoms with E-state index in [-0.39, 0.29) is 80.6 Å². The lowest BCUT2D eigenvalue weighted by atomic mass is 10.0. The average Bonchev–Trinajstić information content (AvgIpc) is 1.71. The van der Waals surface area contributed by atoms with Crippen LogP contribution in [0.2, 0.25) is 0 Å². The molecule has 8 rings (SSSR count). The number of aromatic hydroxyl groups is 1. The lowest BCUT2D eigenvalue weighted by Crippen LogP contribution is -2.62. The zero-order valence-corrected chi connectivity index (χ0v) is 55.5. The number of primary amides is 1. The number of carbonyl (C=O) groups is 12. The number of para-hydroxylation sites is 1. The number of H-pyrrole nitrogens is 2. The molecular weight excluding hydrogens is 1330 g/mol. The Bertz CT molecular complexity index is 3740. The summed E-state index contributed by atoms with van der Waals surface area (Å²) in [5, 5.41) is 69.9. The summed E-state index contributed by atoms with van der Waals surface area (Å²) in [4.78, 5) is 184. The first-order chi connectivity index (χ1) is 47.5. The highest BCUT2D eigenvalue weighted by Gasteiger charge is 2.42. The maximum atomic E-state index is 15.3. The first-order valence-corrected chi connectivity index (χ1v) is 34.3. The molecule has 530 valence electrons. The monoisotopic (exact) mass is 1410 g/mol. The van der Waals surface area contributed by atoms with Gasteiger partial charge in [-0.1, -0.05) is 41.6 Å². The van der Waals surface area contributed by atoms with Crippen LogP contribution in [-0.2, 0) is 93.1 Å². The van der Waals surface area contributed by atoms with Gasteiger partial charge in [0.1, 0.15) is 78.7 Å². The predicted molar refractivity (Wildman–Crippen MR) is 354 cm³/mol. The number of rotatable bonds is 12. The van der Waals surface area contributed by atoms with Gasteiger partial charge in [-0.25, -0.2) is 4.98 Å². The number of nitrogens with zero attached hydrogens (tertiary/aromatic N) is 3. The number of hydrogen-bond donors (Lipinski definition) is 13. The number of ether oxygens (including phenoxy) is 1. The molecule has 0 spiro atoms. The van der Waals surface area contributed by atoms with Gasteiger partial charge < -0.3 is 103 Å². The third-order valence-electron chi connectivity index (χ3n) is 16.3. The Labute approximate surface area is 575 Å². The van der Waals surface area contributed by atoms with Crippen molar-refractivity contribution in [1.82, 2.24) is 62.4 Å². The van der Waals surface area contributed by atoms with Gasteiger partial charge in [0.25, 0.3) is 5.91 Å². The van der Waals surface area contributed by atoms with Crippen LogP contribution in [-0.4, -0.2) is 199 Å². The number of carbonyl (C=O) groups excluding carboxylic acids is 12. The summed E-state index contributed by atoms with van der Waals surface area (Å²) in [6.45, 7) is 1.36. The van der Waals surface area contributed by atoms with E-state index >= 15 is 9.59 Å². The molecule has 10 amide bonds. The molecule has 99 heavy (non-hydrogen) atoms. The second-order valence-corrected chi connectivity index (χ2v) is 26.0. The fraction of sp³-hybridized carbons (Fsp3) is 0.446. The molecule has 1 fully saturated rings. The van der Waals surface area contributed by atoms with Crippen molar-refractivity contribution in [2.45, 2.75) is 150 Å². The smallest absolute Gasteiger partial charge is 0.266 e. The molecule has 3 aromatic carbocycles. The average molecular weight is 1410 g/mol. The third kappa shape index (κ3) is 22.4. The fourth-order valence-corrected chi connectivity index (χ4v) is 13.3. The van der Waals surface area contributed by atoms with Crippen molar-refractivity contribution < 1.29 is 87.5 Å². The minimum Gasteiger partial charge on any atom is -0.550 e. The molecule has 0 radical (unpaired) electrons. The second kappa shape index (κ2) is 36.4. The van der Waals surface area contributed by atoms with Crippen LogP contribution in [0.3, 0.4) is 0 Å². The van der Waals surface area contributed by atoms with E-state index in [1.54, 1.807) is 42.6 Å². The minimum absolute atomic E-state index is 0.0609. The Morgan fingerprint density at radius 1 is 0.667 bits per heavy atom.